The van der Waals surface area contributed by atoms with E-state index in [1.54, 1.807) is 35.2 Å². The van der Waals surface area contributed by atoms with Crippen LogP contribution in [0.2, 0.25) is 0 Å². The molecular weight excluding hydrogens is 428 g/mol. The Kier molecular flexibility index (Phi) is 5.13. The number of aliphatic hydroxyl groups excluding tert-OH is 1. The molecule has 0 bridgehead atoms. The third-order valence-electron chi connectivity index (χ3n) is 6.03. The van der Waals surface area contributed by atoms with Gasteiger partial charge in [0.15, 0.2) is 5.13 Å². The highest BCUT2D eigenvalue weighted by Crippen LogP contribution is 2.32. The average Bonchev–Trinajstić information content (AvgIpc) is 3.37. The smallest absolute Gasteiger partial charge is 0.338 e. The Bertz CT molecular complexity index is 1300. The summed E-state index contributed by atoms with van der Waals surface area (Å²) >= 11 is 1.40. The van der Waals surface area contributed by atoms with Gasteiger partial charge in [-0.05, 0) is 42.3 Å². The summed E-state index contributed by atoms with van der Waals surface area (Å²) < 4.78 is 5.96. The molecule has 0 unspecified atom stereocenters. The fourth-order valence-electron chi connectivity index (χ4n) is 4.25. The van der Waals surface area contributed by atoms with E-state index in [4.69, 9.17) is 10.00 Å². The van der Waals surface area contributed by atoms with Crippen molar-refractivity contribution in [1.29, 1.82) is 5.26 Å². The van der Waals surface area contributed by atoms with Crippen LogP contribution in [0.3, 0.4) is 0 Å². The number of β-amino-alcohol motifs (C(OH)–C–C–N with tert-alkyl or cyclic N) is 1. The third-order valence-corrected chi connectivity index (χ3v) is 7.08. The lowest BCUT2D eigenvalue weighted by molar-refractivity contribution is -0.121. The SMILES string of the molecule is Cc1c([C@@H](O)CN2CCN(c3nc4ccc(C#N)cc4s3)C(=O)C2)ccc2c1COC2=O. The highest BCUT2D eigenvalue weighted by atomic mass is 32.1. The first-order valence-corrected chi connectivity index (χ1v) is 11.1. The number of aromatic nitrogens is 1. The Morgan fingerprint density at radius 3 is 2.91 bits per heavy atom. The van der Waals surface area contributed by atoms with Crippen LogP contribution in [-0.4, -0.2) is 53.0 Å². The molecule has 0 radical (unpaired) electrons. The molecule has 2 aliphatic heterocycles. The number of piperazine rings is 1. The molecule has 2 aromatic carbocycles. The van der Waals surface area contributed by atoms with Gasteiger partial charge in [-0.25, -0.2) is 9.78 Å². The Labute approximate surface area is 188 Å². The van der Waals surface area contributed by atoms with Crippen molar-refractivity contribution in [2.45, 2.75) is 19.6 Å². The molecule has 1 atom stereocenters. The van der Waals surface area contributed by atoms with Crippen molar-refractivity contribution in [3.05, 3.63) is 58.1 Å². The quantitative estimate of drug-likeness (QED) is 0.611. The molecule has 0 spiro atoms. The minimum absolute atomic E-state index is 0.0762. The highest BCUT2D eigenvalue weighted by molar-refractivity contribution is 7.22. The summed E-state index contributed by atoms with van der Waals surface area (Å²) in [7, 11) is 0. The molecule has 3 aromatic rings. The lowest BCUT2D eigenvalue weighted by Gasteiger charge is -2.34. The van der Waals surface area contributed by atoms with E-state index in [9.17, 15) is 14.7 Å². The number of carbonyl (C=O) groups is 2. The summed E-state index contributed by atoms with van der Waals surface area (Å²) in [5.41, 5.74) is 4.32. The minimum Gasteiger partial charge on any atom is -0.457 e. The second kappa shape index (κ2) is 7.98. The van der Waals surface area contributed by atoms with Crippen LogP contribution in [0.1, 0.15) is 38.7 Å². The summed E-state index contributed by atoms with van der Waals surface area (Å²) in [5, 5.41) is 20.5. The number of anilines is 1. The summed E-state index contributed by atoms with van der Waals surface area (Å²) in [5.74, 6) is -0.405. The maximum Gasteiger partial charge on any atom is 0.338 e. The largest absolute Gasteiger partial charge is 0.457 e. The molecular formula is C23H20N4O4S. The van der Waals surface area contributed by atoms with Crippen molar-refractivity contribution in [3.8, 4) is 6.07 Å². The molecule has 8 nitrogen and oxygen atoms in total. The van der Waals surface area contributed by atoms with Gasteiger partial charge in [0.1, 0.15) is 6.61 Å². The first kappa shape index (κ1) is 20.6. The van der Waals surface area contributed by atoms with Gasteiger partial charge in [0.2, 0.25) is 5.91 Å². The lowest BCUT2D eigenvalue weighted by Crippen LogP contribution is -2.51. The maximum absolute atomic E-state index is 12.8. The van der Waals surface area contributed by atoms with Crippen molar-refractivity contribution in [1.82, 2.24) is 9.88 Å². The van der Waals surface area contributed by atoms with Crippen LogP contribution < -0.4 is 4.90 Å². The van der Waals surface area contributed by atoms with Crippen LogP contribution in [0.5, 0.6) is 0 Å². The van der Waals surface area contributed by atoms with E-state index < -0.39 is 6.10 Å². The molecule has 2 aliphatic rings. The number of benzene rings is 2. The predicted molar refractivity (Wildman–Crippen MR) is 118 cm³/mol. The van der Waals surface area contributed by atoms with Gasteiger partial charge in [-0.2, -0.15) is 5.26 Å². The first-order valence-electron chi connectivity index (χ1n) is 10.3. The lowest BCUT2D eigenvalue weighted by atomic mass is 9.95. The number of aliphatic hydroxyl groups is 1. The van der Waals surface area contributed by atoms with E-state index in [1.807, 2.05) is 11.8 Å². The number of fused-ring (bicyclic) bond motifs is 2. The van der Waals surface area contributed by atoms with E-state index in [0.717, 1.165) is 26.9 Å². The number of nitrogens with zero attached hydrogens (tertiary/aromatic N) is 4. The van der Waals surface area contributed by atoms with Gasteiger partial charge in [-0.1, -0.05) is 17.4 Å². The molecule has 1 saturated heterocycles. The molecule has 1 amide bonds. The number of hydrogen-bond donors (Lipinski definition) is 1. The number of cyclic esters (lactones) is 1. The van der Waals surface area contributed by atoms with Gasteiger partial charge < -0.3 is 9.84 Å². The molecule has 5 rings (SSSR count). The molecule has 32 heavy (non-hydrogen) atoms. The summed E-state index contributed by atoms with van der Waals surface area (Å²) in [6.45, 7) is 3.69. The van der Waals surface area contributed by atoms with Gasteiger partial charge in [0.25, 0.3) is 0 Å². The summed E-state index contributed by atoms with van der Waals surface area (Å²) in [6, 6.07) is 10.9. The Morgan fingerprint density at radius 1 is 1.28 bits per heavy atom. The fraction of sp³-hybridized carbons (Fsp3) is 0.304. The zero-order valence-corrected chi connectivity index (χ0v) is 18.2. The van der Waals surface area contributed by atoms with Crippen LogP contribution in [0, 0.1) is 18.3 Å². The third kappa shape index (κ3) is 3.52. The Morgan fingerprint density at radius 2 is 2.12 bits per heavy atom. The highest BCUT2D eigenvalue weighted by Gasteiger charge is 2.30. The normalized spacial score (nSPS) is 17.3. The minimum atomic E-state index is -0.776. The summed E-state index contributed by atoms with van der Waals surface area (Å²) in [6.07, 6.45) is -0.776. The molecule has 1 aromatic heterocycles. The first-order chi connectivity index (χ1) is 15.4. The van der Waals surface area contributed by atoms with Crippen LogP contribution >= 0.6 is 11.3 Å². The number of carbonyl (C=O) groups excluding carboxylic acids is 2. The van der Waals surface area contributed by atoms with Gasteiger partial charge >= 0.3 is 5.97 Å². The number of thiazole rings is 1. The van der Waals surface area contributed by atoms with Crippen molar-refractivity contribution < 1.29 is 19.4 Å². The van der Waals surface area contributed by atoms with Gasteiger partial charge in [0.05, 0.1) is 40.1 Å². The van der Waals surface area contributed by atoms with E-state index in [-0.39, 0.29) is 25.0 Å². The van der Waals surface area contributed by atoms with Gasteiger partial charge in [-0.15, -0.1) is 0 Å². The van der Waals surface area contributed by atoms with Crippen molar-refractivity contribution in [2.75, 3.05) is 31.1 Å². The number of amides is 1. The molecule has 3 heterocycles. The number of esters is 1. The monoisotopic (exact) mass is 448 g/mol. The van der Waals surface area contributed by atoms with Gasteiger partial charge in [-0.3, -0.25) is 14.6 Å². The van der Waals surface area contributed by atoms with Crippen molar-refractivity contribution >= 4 is 38.6 Å². The Hall–Kier alpha value is -3.32. The zero-order valence-electron chi connectivity index (χ0n) is 17.4. The predicted octanol–water partition coefficient (Wildman–Crippen LogP) is 2.53. The van der Waals surface area contributed by atoms with Crippen LogP contribution in [-0.2, 0) is 16.1 Å². The van der Waals surface area contributed by atoms with Crippen LogP contribution in [0.4, 0.5) is 5.13 Å². The van der Waals surface area contributed by atoms with E-state index in [0.29, 0.717) is 35.9 Å². The molecule has 9 heteroatoms. The number of hydrogen-bond acceptors (Lipinski definition) is 8. The second-order valence-electron chi connectivity index (χ2n) is 7.97. The van der Waals surface area contributed by atoms with E-state index in [2.05, 4.69) is 11.1 Å². The van der Waals surface area contributed by atoms with Crippen LogP contribution in [0.15, 0.2) is 30.3 Å². The number of ether oxygens (including phenoxy) is 1. The zero-order chi connectivity index (χ0) is 22.4. The second-order valence-corrected chi connectivity index (χ2v) is 8.98. The molecule has 162 valence electrons. The fourth-order valence-corrected chi connectivity index (χ4v) is 5.30. The number of rotatable bonds is 4. The van der Waals surface area contributed by atoms with Crippen molar-refractivity contribution in [2.24, 2.45) is 0 Å². The molecule has 1 N–H and O–H groups in total. The molecule has 1 fully saturated rings. The molecule has 0 saturated carbocycles. The molecule has 0 aliphatic carbocycles. The topological polar surface area (TPSA) is 107 Å². The van der Waals surface area contributed by atoms with E-state index >= 15 is 0 Å². The van der Waals surface area contributed by atoms with E-state index in [1.165, 1.54) is 11.3 Å². The van der Waals surface area contributed by atoms with Crippen molar-refractivity contribution in [3.63, 3.8) is 0 Å². The summed E-state index contributed by atoms with van der Waals surface area (Å²) in [4.78, 5) is 32.7. The Balaban J connectivity index is 1.28. The maximum atomic E-state index is 12.8. The standard InChI is InChI=1S/C23H20N4O4S/c1-13-15(3-4-16-17(13)12-31-22(16)30)19(28)10-26-6-7-27(21(29)11-26)23-25-18-5-2-14(9-24)8-20(18)32-23/h2-5,8,19,28H,6-7,10-12H2,1H3/t19-/m0/s1. The van der Waals surface area contributed by atoms with Crippen LogP contribution in [0.25, 0.3) is 10.2 Å². The van der Waals surface area contributed by atoms with Gasteiger partial charge in [0, 0.05) is 25.2 Å². The average molecular weight is 449 g/mol. The number of nitriles is 1.